The molecule has 0 radical (unpaired) electrons. The molecule has 5 nitrogen and oxygen atoms in total. The Labute approximate surface area is 95.4 Å². The van der Waals surface area contributed by atoms with E-state index in [9.17, 15) is 9.59 Å². The van der Waals surface area contributed by atoms with Crippen molar-refractivity contribution in [1.82, 2.24) is 4.90 Å². The number of rotatable bonds is 4. The third-order valence-electron chi connectivity index (χ3n) is 2.49. The van der Waals surface area contributed by atoms with E-state index in [0.717, 1.165) is 0 Å². The van der Waals surface area contributed by atoms with Gasteiger partial charge in [0.15, 0.2) is 0 Å². The fraction of sp³-hybridized carbons (Fsp3) is 0.818. The zero-order chi connectivity index (χ0) is 12.3. The number of carboxylic acid groups (broad SMARTS) is 1. The summed E-state index contributed by atoms with van der Waals surface area (Å²) in [5.41, 5.74) is -0.0109. The van der Waals surface area contributed by atoms with Crippen molar-refractivity contribution in [1.29, 1.82) is 0 Å². The second-order valence-corrected chi connectivity index (χ2v) is 5.32. The Morgan fingerprint density at radius 1 is 1.56 bits per heavy atom. The zero-order valence-electron chi connectivity index (χ0n) is 10.0. The van der Waals surface area contributed by atoms with Crippen molar-refractivity contribution in [2.45, 2.75) is 39.7 Å². The van der Waals surface area contributed by atoms with Crippen molar-refractivity contribution < 1.29 is 19.4 Å². The molecule has 1 unspecified atom stereocenters. The number of hydrogen-bond acceptors (Lipinski definition) is 3. The second kappa shape index (κ2) is 4.72. The summed E-state index contributed by atoms with van der Waals surface area (Å²) in [5, 5.41) is 8.85. The van der Waals surface area contributed by atoms with E-state index in [1.165, 1.54) is 4.90 Å². The quantitative estimate of drug-likeness (QED) is 0.797. The minimum Gasteiger partial charge on any atom is -0.481 e. The van der Waals surface area contributed by atoms with Gasteiger partial charge in [-0.25, -0.2) is 4.79 Å². The van der Waals surface area contributed by atoms with Gasteiger partial charge < -0.3 is 14.7 Å². The molecule has 1 saturated heterocycles. The van der Waals surface area contributed by atoms with Crippen LogP contribution >= 0.6 is 0 Å². The predicted molar refractivity (Wildman–Crippen MR) is 58.2 cm³/mol. The average Bonchev–Trinajstić information content (AvgIpc) is 2.46. The Morgan fingerprint density at radius 3 is 2.56 bits per heavy atom. The summed E-state index contributed by atoms with van der Waals surface area (Å²) < 4.78 is 4.84. The standard InChI is InChI=1S/C11H19NO4/c1-11(2,3)7-8(6-9(13)14)12-4-5-16-10(12)15/h8H,4-7H2,1-3H3,(H,13,14). The Hall–Kier alpha value is -1.26. The average molecular weight is 229 g/mol. The Bertz CT molecular complexity index is 282. The van der Waals surface area contributed by atoms with E-state index in [0.29, 0.717) is 19.6 Å². The Morgan fingerprint density at radius 2 is 2.19 bits per heavy atom. The molecule has 5 heteroatoms. The van der Waals surface area contributed by atoms with E-state index >= 15 is 0 Å². The third-order valence-corrected chi connectivity index (χ3v) is 2.49. The second-order valence-electron chi connectivity index (χ2n) is 5.32. The highest BCUT2D eigenvalue weighted by molar-refractivity contribution is 5.72. The van der Waals surface area contributed by atoms with Crippen LogP contribution in [0.5, 0.6) is 0 Å². The number of nitrogens with zero attached hydrogens (tertiary/aromatic N) is 1. The lowest BCUT2D eigenvalue weighted by Crippen LogP contribution is -2.40. The molecular formula is C11H19NO4. The molecule has 1 fully saturated rings. The molecule has 1 rings (SSSR count). The van der Waals surface area contributed by atoms with Crippen molar-refractivity contribution in [3.05, 3.63) is 0 Å². The van der Waals surface area contributed by atoms with Gasteiger partial charge in [-0.05, 0) is 11.8 Å². The number of hydrogen-bond donors (Lipinski definition) is 1. The van der Waals surface area contributed by atoms with Crippen molar-refractivity contribution in [3.8, 4) is 0 Å². The summed E-state index contributed by atoms with van der Waals surface area (Å²) in [5.74, 6) is -0.881. The van der Waals surface area contributed by atoms with E-state index < -0.39 is 12.1 Å². The van der Waals surface area contributed by atoms with Crippen LogP contribution in [0.1, 0.15) is 33.6 Å². The van der Waals surface area contributed by atoms with Crippen LogP contribution in [-0.2, 0) is 9.53 Å². The first-order chi connectivity index (χ1) is 7.29. The zero-order valence-corrected chi connectivity index (χ0v) is 10.0. The van der Waals surface area contributed by atoms with Crippen molar-refractivity contribution in [2.75, 3.05) is 13.2 Å². The third kappa shape index (κ3) is 3.72. The molecule has 92 valence electrons. The van der Waals surface area contributed by atoms with Crippen LogP contribution in [0.4, 0.5) is 4.79 Å². The first-order valence-corrected chi connectivity index (χ1v) is 5.45. The summed E-state index contributed by atoms with van der Waals surface area (Å²) in [6.07, 6.45) is 0.247. The van der Waals surface area contributed by atoms with E-state index in [-0.39, 0.29) is 17.9 Å². The molecule has 1 atom stereocenters. The van der Waals surface area contributed by atoms with Crippen LogP contribution in [0.3, 0.4) is 0 Å². The van der Waals surface area contributed by atoms with Crippen LogP contribution in [0.2, 0.25) is 0 Å². The largest absolute Gasteiger partial charge is 0.481 e. The highest BCUT2D eigenvalue weighted by Gasteiger charge is 2.33. The molecule has 1 heterocycles. The fourth-order valence-corrected chi connectivity index (χ4v) is 1.94. The molecule has 0 aromatic carbocycles. The normalized spacial score (nSPS) is 18.4. The number of carbonyl (C=O) groups excluding carboxylic acids is 1. The summed E-state index contributed by atoms with van der Waals surface area (Å²) in [6, 6.07) is -0.271. The number of carboxylic acids is 1. The molecule has 1 aliphatic heterocycles. The van der Waals surface area contributed by atoms with Crippen molar-refractivity contribution >= 4 is 12.1 Å². The van der Waals surface area contributed by atoms with Gasteiger partial charge in [0.05, 0.1) is 13.0 Å². The summed E-state index contributed by atoms with van der Waals surface area (Å²) in [7, 11) is 0. The molecule has 1 N–H and O–H groups in total. The lowest BCUT2D eigenvalue weighted by molar-refractivity contribution is -0.138. The van der Waals surface area contributed by atoms with Gasteiger partial charge in [-0.15, -0.1) is 0 Å². The van der Waals surface area contributed by atoms with Gasteiger partial charge in [-0.3, -0.25) is 4.79 Å². The molecule has 0 aromatic heterocycles. The van der Waals surface area contributed by atoms with Crippen molar-refractivity contribution in [2.24, 2.45) is 5.41 Å². The van der Waals surface area contributed by atoms with Crippen LogP contribution in [0.25, 0.3) is 0 Å². The molecule has 16 heavy (non-hydrogen) atoms. The number of amides is 1. The number of carbonyl (C=O) groups is 2. The number of aliphatic carboxylic acids is 1. The predicted octanol–water partition coefficient (Wildman–Crippen LogP) is 1.72. The topological polar surface area (TPSA) is 66.8 Å². The lowest BCUT2D eigenvalue weighted by atomic mass is 9.86. The molecular weight excluding hydrogens is 210 g/mol. The minimum absolute atomic E-state index is 0.0109. The number of ether oxygens (including phenoxy) is 1. The minimum atomic E-state index is -0.881. The van der Waals surface area contributed by atoms with Gasteiger partial charge in [-0.2, -0.15) is 0 Å². The summed E-state index contributed by atoms with van der Waals surface area (Å²) in [6.45, 7) is 6.95. The van der Waals surface area contributed by atoms with E-state index in [1.807, 2.05) is 20.8 Å². The molecule has 0 aromatic rings. The first kappa shape index (κ1) is 12.8. The smallest absolute Gasteiger partial charge is 0.410 e. The van der Waals surface area contributed by atoms with Gasteiger partial charge in [0.25, 0.3) is 0 Å². The van der Waals surface area contributed by atoms with Crippen molar-refractivity contribution in [3.63, 3.8) is 0 Å². The number of cyclic esters (lactones) is 1. The van der Waals surface area contributed by atoms with Gasteiger partial charge in [0.1, 0.15) is 6.61 Å². The van der Waals surface area contributed by atoms with Gasteiger partial charge in [0, 0.05) is 6.04 Å². The van der Waals surface area contributed by atoms with Gasteiger partial charge >= 0.3 is 12.1 Å². The Balaban J connectivity index is 2.70. The molecule has 0 aliphatic carbocycles. The van der Waals surface area contributed by atoms with Gasteiger partial charge in [-0.1, -0.05) is 20.8 Å². The van der Waals surface area contributed by atoms with E-state index in [1.54, 1.807) is 0 Å². The van der Waals surface area contributed by atoms with Crippen LogP contribution in [0.15, 0.2) is 0 Å². The Kier molecular flexibility index (Phi) is 3.78. The maximum atomic E-state index is 11.4. The maximum Gasteiger partial charge on any atom is 0.410 e. The lowest BCUT2D eigenvalue weighted by Gasteiger charge is -2.30. The fourth-order valence-electron chi connectivity index (χ4n) is 1.94. The maximum absolute atomic E-state index is 11.4. The van der Waals surface area contributed by atoms with Crippen LogP contribution in [0, 0.1) is 5.41 Å². The highest BCUT2D eigenvalue weighted by Crippen LogP contribution is 2.26. The summed E-state index contributed by atoms with van der Waals surface area (Å²) >= 11 is 0. The van der Waals surface area contributed by atoms with Crippen LogP contribution < -0.4 is 0 Å². The van der Waals surface area contributed by atoms with Crippen LogP contribution in [-0.4, -0.2) is 41.3 Å². The first-order valence-electron chi connectivity index (χ1n) is 5.45. The monoisotopic (exact) mass is 229 g/mol. The van der Waals surface area contributed by atoms with E-state index in [2.05, 4.69) is 0 Å². The molecule has 1 aliphatic rings. The van der Waals surface area contributed by atoms with Gasteiger partial charge in [0.2, 0.25) is 0 Å². The highest BCUT2D eigenvalue weighted by atomic mass is 16.6. The molecule has 0 bridgehead atoms. The SMILES string of the molecule is CC(C)(C)CC(CC(=O)O)N1CCOC1=O. The molecule has 0 spiro atoms. The molecule has 0 saturated carbocycles. The summed E-state index contributed by atoms with van der Waals surface area (Å²) in [4.78, 5) is 23.7. The molecule has 1 amide bonds. The van der Waals surface area contributed by atoms with E-state index in [4.69, 9.17) is 9.84 Å².